The van der Waals surface area contributed by atoms with Crippen molar-refractivity contribution in [3.05, 3.63) is 65.7 Å². The number of halogens is 2. The molecule has 2 N–H and O–H groups in total. The molecule has 2 rings (SSSR count). The lowest BCUT2D eigenvalue weighted by atomic mass is 10.2. The van der Waals surface area contributed by atoms with Crippen LogP contribution in [0.15, 0.2) is 59.5 Å². The van der Waals surface area contributed by atoms with Gasteiger partial charge in [0.15, 0.2) is 6.61 Å². The van der Waals surface area contributed by atoms with Gasteiger partial charge in [-0.3, -0.25) is 10.1 Å². The Morgan fingerprint density at radius 1 is 0.966 bits per heavy atom. The SMILES string of the molecule is O=C(COC(=O)c1ccc(S(=O)(=O)C(F)F)cc1)NC(=O)NCc1ccccc1. The van der Waals surface area contributed by atoms with Crippen molar-refractivity contribution in [2.45, 2.75) is 17.2 Å². The molecule has 0 radical (unpaired) electrons. The monoisotopic (exact) mass is 426 g/mol. The predicted octanol–water partition coefficient (Wildman–Crippen LogP) is 1.87. The molecular weight excluding hydrogens is 410 g/mol. The lowest BCUT2D eigenvalue weighted by molar-refractivity contribution is -0.123. The first-order valence-electron chi connectivity index (χ1n) is 8.11. The van der Waals surface area contributed by atoms with Crippen molar-refractivity contribution in [1.82, 2.24) is 10.6 Å². The molecule has 0 saturated carbocycles. The lowest BCUT2D eigenvalue weighted by Crippen LogP contribution is -2.41. The summed E-state index contributed by atoms with van der Waals surface area (Å²) >= 11 is 0. The van der Waals surface area contributed by atoms with Gasteiger partial charge in [0.05, 0.1) is 10.5 Å². The fraction of sp³-hybridized carbons (Fsp3) is 0.167. The molecule has 8 nitrogen and oxygen atoms in total. The summed E-state index contributed by atoms with van der Waals surface area (Å²) < 4.78 is 52.3. The summed E-state index contributed by atoms with van der Waals surface area (Å²) in [5.41, 5.74) is 0.665. The van der Waals surface area contributed by atoms with E-state index in [-0.39, 0.29) is 12.1 Å². The molecule has 2 aromatic rings. The van der Waals surface area contributed by atoms with E-state index in [1.807, 2.05) is 11.4 Å². The molecule has 2 aromatic carbocycles. The summed E-state index contributed by atoms with van der Waals surface area (Å²) in [6, 6.07) is 11.8. The molecule has 11 heteroatoms. The van der Waals surface area contributed by atoms with Crippen LogP contribution in [-0.2, 0) is 25.9 Å². The summed E-state index contributed by atoms with van der Waals surface area (Å²) in [5.74, 6) is -5.47. The fourth-order valence-corrected chi connectivity index (χ4v) is 2.80. The van der Waals surface area contributed by atoms with Crippen LogP contribution < -0.4 is 10.6 Å². The van der Waals surface area contributed by atoms with E-state index in [1.165, 1.54) is 0 Å². The van der Waals surface area contributed by atoms with Gasteiger partial charge in [0.1, 0.15) is 0 Å². The first-order chi connectivity index (χ1) is 13.7. The van der Waals surface area contributed by atoms with E-state index in [1.54, 1.807) is 24.3 Å². The van der Waals surface area contributed by atoms with Crippen LogP contribution >= 0.6 is 0 Å². The molecule has 29 heavy (non-hydrogen) atoms. The quantitative estimate of drug-likeness (QED) is 0.653. The number of alkyl halides is 2. The number of ether oxygens (including phenoxy) is 1. The van der Waals surface area contributed by atoms with Gasteiger partial charge in [0.25, 0.3) is 5.91 Å². The summed E-state index contributed by atoms with van der Waals surface area (Å²) in [4.78, 5) is 34.5. The van der Waals surface area contributed by atoms with Crippen molar-refractivity contribution < 1.29 is 36.3 Å². The van der Waals surface area contributed by atoms with Gasteiger partial charge in [0, 0.05) is 6.54 Å². The first kappa shape index (κ1) is 22.0. The maximum atomic E-state index is 12.5. The van der Waals surface area contributed by atoms with Crippen LogP contribution in [0.4, 0.5) is 13.6 Å². The highest BCUT2D eigenvalue weighted by Crippen LogP contribution is 2.18. The standard InChI is InChI=1S/C18H16F2N2O6S/c19-17(20)29(26,27)14-8-6-13(7-9-14)16(24)28-11-15(23)22-18(25)21-10-12-4-2-1-3-5-12/h1-9,17H,10-11H2,(H2,21,22,23,25). The lowest BCUT2D eigenvalue weighted by Gasteiger charge is -2.08. The molecule has 0 aliphatic rings. The van der Waals surface area contributed by atoms with Gasteiger partial charge >= 0.3 is 17.8 Å². The average molecular weight is 426 g/mol. The highest BCUT2D eigenvalue weighted by molar-refractivity contribution is 7.91. The molecule has 0 unspecified atom stereocenters. The van der Waals surface area contributed by atoms with Gasteiger partial charge in [0.2, 0.25) is 9.84 Å². The van der Waals surface area contributed by atoms with Crippen molar-refractivity contribution >= 4 is 27.7 Å². The highest BCUT2D eigenvalue weighted by atomic mass is 32.2. The van der Waals surface area contributed by atoms with Crippen molar-refractivity contribution in [3.63, 3.8) is 0 Å². The molecule has 0 saturated heterocycles. The third-order valence-electron chi connectivity index (χ3n) is 3.54. The zero-order valence-electron chi connectivity index (χ0n) is 14.8. The van der Waals surface area contributed by atoms with Crippen LogP contribution in [0.3, 0.4) is 0 Å². The van der Waals surface area contributed by atoms with Gasteiger partial charge in [-0.05, 0) is 29.8 Å². The number of imide groups is 1. The molecule has 0 spiro atoms. The Kier molecular flexibility index (Phi) is 7.37. The van der Waals surface area contributed by atoms with Crippen LogP contribution in [0.2, 0.25) is 0 Å². The molecule has 154 valence electrons. The minimum Gasteiger partial charge on any atom is -0.452 e. The third kappa shape index (κ3) is 6.35. The second-order valence-corrected chi connectivity index (χ2v) is 7.54. The number of hydrogen-bond donors (Lipinski definition) is 2. The summed E-state index contributed by atoms with van der Waals surface area (Å²) in [6.07, 6.45) is 0. The van der Waals surface area contributed by atoms with Gasteiger partial charge in [-0.25, -0.2) is 18.0 Å². The molecule has 0 heterocycles. The molecule has 0 aliphatic heterocycles. The normalized spacial score (nSPS) is 11.0. The van der Waals surface area contributed by atoms with Crippen LogP contribution in [0.25, 0.3) is 0 Å². The van der Waals surface area contributed by atoms with E-state index in [0.717, 1.165) is 29.8 Å². The maximum Gasteiger partial charge on any atom is 0.341 e. The second kappa shape index (κ2) is 9.73. The van der Waals surface area contributed by atoms with E-state index >= 15 is 0 Å². The Labute approximate surface area is 164 Å². The molecule has 0 atom stereocenters. The number of rotatable bonds is 7. The van der Waals surface area contributed by atoms with Crippen molar-refractivity contribution in [3.8, 4) is 0 Å². The smallest absolute Gasteiger partial charge is 0.341 e. The number of carbonyl (C=O) groups excluding carboxylic acids is 3. The Hall–Kier alpha value is -3.34. The number of esters is 1. The molecule has 0 aromatic heterocycles. The fourth-order valence-electron chi connectivity index (χ4n) is 2.08. The summed E-state index contributed by atoms with van der Waals surface area (Å²) in [6.45, 7) is -0.581. The van der Waals surface area contributed by atoms with E-state index in [9.17, 15) is 31.6 Å². The number of urea groups is 1. The average Bonchev–Trinajstić information content (AvgIpc) is 2.71. The van der Waals surface area contributed by atoms with Gasteiger partial charge in [-0.1, -0.05) is 30.3 Å². The molecule has 0 aliphatic carbocycles. The Bertz CT molecular complexity index is 979. The third-order valence-corrected chi connectivity index (χ3v) is 4.93. The molecule has 0 bridgehead atoms. The van der Waals surface area contributed by atoms with Crippen LogP contribution in [-0.4, -0.2) is 38.7 Å². The zero-order chi connectivity index (χ0) is 21.4. The molecular formula is C18H16F2N2O6S. The van der Waals surface area contributed by atoms with E-state index in [0.29, 0.717) is 0 Å². The molecule has 3 amide bonds. The topological polar surface area (TPSA) is 119 Å². The summed E-state index contributed by atoms with van der Waals surface area (Å²) in [5, 5.41) is 4.42. The Morgan fingerprint density at radius 2 is 1.59 bits per heavy atom. The van der Waals surface area contributed by atoms with Crippen LogP contribution in [0, 0.1) is 0 Å². The zero-order valence-corrected chi connectivity index (χ0v) is 15.6. The van der Waals surface area contributed by atoms with Crippen molar-refractivity contribution in [2.75, 3.05) is 6.61 Å². The number of benzene rings is 2. The number of carbonyl (C=O) groups is 3. The minimum atomic E-state index is -4.78. The van der Waals surface area contributed by atoms with Gasteiger partial charge in [-0.2, -0.15) is 8.78 Å². The number of nitrogens with one attached hydrogen (secondary N) is 2. The number of sulfone groups is 1. The highest BCUT2D eigenvalue weighted by Gasteiger charge is 2.26. The van der Waals surface area contributed by atoms with Crippen molar-refractivity contribution in [1.29, 1.82) is 0 Å². The number of hydrogen-bond acceptors (Lipinski definition) is 6. The van der Waals surface area contributed by atoms with E-state index in [2.05, 4.69) is 5.32 Å². The summed E-state index contributed by atoms with van der Waals surface area (Å²) in [7, 11) is -4.78. The minimum absolute atomic E-state index is 0.153. The first-order valence-corrected chi connectivity index (χ1v) is 9.65. The Balaban J connectivity index is 1.80. The van der Waals surface area contributed by atoms with E-state index in [4.69, 9.17) is 4.74 Å². The predicted molar refractivity (Wildman–Crippen MR) is 96.7 cm³/mol. The maximum absolute atomic E-state index is 12.5. The largest absolute Gasteiger partial charge is 0.452 e. The van der Waals surface area contributed by atoms with Crippen LogP contribution in [0.1, 0.15) is 15.9 Å². The Morgan fingerprint density at radius 3 is 2.17 bits per heavy atom. The van der Waals surface area contributed by atoms with Crippen molar-refractivity contribution in [2.24, 2.45) is 0 Å². The van der Waals surface area contributed by atoms with Gasteiger partial charge in [-0.15, -0.1) is 0 Å². The van der Waals surface area contributed by atoms with E-state index < -0.39 is 45.0 Å². The molecule has 0 fully saturated rings. The van der Waals surface area contributed by atoms with Gasteiger partial charge < -0.3 is 10.1 Å². The number of amides is 3. The second-order valence-electron chi connectivity index (χ2n) is 5.62. The van der Waals surface area contributed by atoms with Crippen LogP contribution in [0.5, 0.6) is 0 Å².